The molecule has 0 aliphatic rings. The van der Waals surface area contributed by atoms with Crippen LogP contribution in [0.15, 0.2) is 192 Å². The van der Waals surface area contributed by atoms with Gasteiger partial charge in [0.1, 0.15) is 5.52 Å². The van der Waals surface area contributed by atoms with Crippen LogP contribution >= 0.6 is 11.3 Å². The van der Waals surface area contributed by atoms with E-state index in [1.165, 1.54) is 25.6 Å². The fourth-order valence-corrected chi connectivity index (χ4v) is 8.51. The van der Waals surface area contributed by atoms with Crippen molar-refractivity contribution in [2.75, 3.05) is 9.80 Å². The normalized spacial score (nSPS) is 11.5. The Labute approximate surface area is 305 Å². The van der Waals surface area contributed by atoms with E-state index in [2.05, 4.69) is 168 Å². The standard InChI is InChI=1S/C47H31N3OS/c1-4-17-33(18-5-1)47-48-40-30-36(49(34-20-6-2-7-21-34)42-28-15-26-39-38-25-12-13-29-44(38)52-46(39)42)31-43(45(40)51-47)50(35-22-8-3-9-23-35)41-27-14-19-32-16-10-11-24-37(32)41/h1-31H. The highest BCUT2D eigenvalue weighted by atomic mass is 32.1. The number of fused-ring (bicyclic) bond motifs is 5. The first kappa shape index (κ1) is 30.2. The minimum Gasteiger partial charge on any atom is -0.434 e. The minimum atomic E-state index is 0.581. The third-order valence-corrected chi connectivity index (χ3v) is 10.8. The van der Waals surface area contributed by atoms with E-state index in [1.807, 2.05) is 41.7 Å². The molecule has 2 heterocycles. The van der Waals surface area contributed by atoms with Gasteiger partial charge in [0.2, 0.25) is 5.89 Å². The summed E-state index contributed by atoms with van der Waals surface area (Å²) >= 11 is 1.83. The molecule has 0 bridgehead atoms. The van der Waals surface area contributed by atoms with Crippen LogP contribution in [0.3, 0.4) is 0 Å². The highest BCUT2D eigenvalue weighted by molar-refractivity contribution is 7.26. The first-order valence-corrected chi connectivity index (χ1v) is 18.2. The largest absolute Gasteiger partial charge is 0.434 e. The van der Waals surface area contributed by atoms with Crippen molar-refractivity contribution in [1.82, 2.24) is 4.98 Å². The molecule has 5 heteroatoms. The number of hydrogen-bond acceptors (Lipinski definition) is 5. The Kier molecular flexibility index (Phi) is 7.29. The Hall–Kier alpha value is -6.69. The van der Waals surface area contributed by atoms with Crippen LogP contribution in [-0.2, 0) is 0 Å². The minimum absolute atomic E-state index is 0.581. The van der Waals surface area contributed by atoms with Crippen LogP contribution in [0.2, 0.25) is 0 Å². The summed E-state index contributed by atoms with van der Waals surface area (Å²) in [6.45, 7) is 0. The van der Waals surface area contributed by atoms with Crippen LogP contribution < -0.4 is 9.80 Å². The zero-order valence-electron chi connectivity index (χ0n) is 28.1. The average molecular weight is 686 g/mol. The number of nitrogens with zero attached hydrogens (tertiary/aromatic N) is 3. The van der Waals surface area contributed by atoms with Crippen LogP contribution in [0.25, 0.3) is 53.5 Å². The van der Waals surface area contributed by atoms with E-state index in [1.54, 1.807) is 0 Å². The summed E-state index contributed by atoms with van der Waals surface area (Å²) in [7, 11) is 0. The van der Waals surface area contributed by atoms with Crippen LogP contribution in [0.5, 0.6) is 0 Å². The van der Waals surface area contributed by atoms with Crippen LogP contribution in [0, 0.1) is 0 Å². The molecule has 10 rings (SSSR count). The van der Waals surface area contributed by atoms with E-state index in [-0.39, 0.29) is 0 Å². The van der Waals surface area contributed by atoms with E-state index in [0.29, 0.717) is 11.5 Å². The lowest BCUT2D eigenvalue weighted by Gasteiger charge is -2.30. The number of thiophene rings is 1. The predicted octanol–water partition coefficient (Wildman–Crippen LogP) is 14.0. The molecule has 0 atom stereocenters. The number of rotatable bonds is 7. The lowest BCUT2D eigenvalue weighted by atomic mass is 10.1. The predicted molar refractivity (Wildman–Crippen MR) is 219 cm³/mol. The van der Waals surface area contributed by atoms with Gasteiger partial charge in [0.05, 0.1) is 27.4 Å². The highest BCUT2D eigenvalue weighted by Crippen LogP contribution is 2.49. The second-order valence-corrected chi connectivity index (χ2v) is 13.8. The zero-order chi connectivity index (χ0) is 34.4. The molecule has 0 aliphatic heterocycles. The van der Waals surface area contributed by atoms with Crippen molar-refractivity contribution in [2.24, 2.45) is 0 Å². The van der Waals surface area contributed by atoms with Gasteiger partial charge in [-0.3, -0.25) is 0 Å². The topological polar surface area (TPSA) is 32.5 Å². The van der Waals surface area contributed by atoms with E-state index in [9.17, 15) is 0 Å². The first-order chi connectivity index (χ1) is 25.8. The third-order valence-electron chi connectivity index (χ3n) is 9.64. The van der Waals surface area contributed by atoms with E-state index >= 15 is 0 Å². The maximum absolute atomic E-state index is 6.81. The first-order valence-electron chi connectivity index (χ1n) is 17.4. The summed E-state index contributed by atoms with van der Waals surface area (Å²) in [5.41, 5.74) is 8.54. The molecule has 0 fully saturated rings. The molecule has 8 aromatic carbocycles. The molecule has 4 nitrogen and oxygen atoms in total. The van der Waals surface area contributed by atoms with Gasteiger partial charge in [-0.25, -0.2) is 4.98 Å². The third kappa shape index (κ3) is 5.10. The quantitative estimate of drug-likeness (QED) is 0.167. The highest BCUT2D eigenvalue weighted by Gasteiger charge is 2.26. The van der Waals surface area contributed by atoms with E-state index in [4.69, 9.17) is 9.40 Å². The second-order valence-electron chi connectivity index (χ2n) is 12.8. The van der Waals surface area contributed by atoms with Gasteiger partial charge in [0, 0.05) is 37.8 Å². The Bertz CT molecular complexity index is 2860. The van der Waals surface area contributed by atoms with Crippen molar-refractivity contribution in [3.63, 3.8) is 0 Å². The summed E-state index contributed by atoms with van der Waals surface area (Å²) in [4.78, 5) is 9.87. The maximum Gasteiger partial charge on any atom is 0.227 e. The van der Waals surface area contributed by atoms with Gasteiger partial charge in [0.15, 0.2) is 5.58 Å². The molecule has 246 valence electrons. The number of hydrogen-bond donors (Lipinski definition) is 0. The molecular formula is C47H31N3OS. The molecule has 0 amide bonds. The SMILES string of the molecule is c1ccc(-c2nc3cc(N(c4ccccc4)c4cccc5c4sc4ccccc45)cc(N(c4ccccc4)c4cccc5ccccc45)c3o2)cc1. The second kappa shape index (κ2) is 12.6. The summed E-state index contributed by atoms with van der Waals surface area (Å²) < 4.78 is 9.31. The molecule has 0 saturated heterocycles. The number of benzene rings is 8. The molecule has 0 N–H and O–H groups in total. The van der Waals surface area contributed by atoms with Crippen molar-refractivity contribution in [3.05, 3.63) is 188 Å². The van der Waals surface area contributed by atoms with Crippen LogP contribution in [-0.4, -0.2) is 4.98 Å². The number of anilines is 6. The molecule has 2 aromatic heterocycles. The van der Waals surface area contributed by atoms with Crippen molar-refractivity contribution in [1.29, 1.82) is 0 Å². The summed E-state index contributed by atoms with van der Waals surface area (Å²) in [6.07, 6.45) is 0. The molecule has 0 spiro atoms. The van der Waals surface area contributed by atoms with Crippen LogP contribution in [0.1, 0.15) is 0 Å². The summed E-state index contributed by atoms with van der Waals surface area (Å²) in [5, 5.41) is 4.82. The maximum atomic E-state index is 6.81. The zero-order valence-corrected chi connectivity index (χ0v) is 28.9. The number of oxazole rings is 1. The van der Waals surface area contributed by atoms with Gasteiger partial charge >= 0.3 is 0 Å². The molecule has 52 heavy (non-hydrogen) atoms. The van der Waals surface area contributed by atoms with Gasteiger partial charge in [-0.1, -0.05) is 121 Å². The lowest BCUT2D eigenvalue weighted by Crippen LogP contribution is -2.14. The molecule has 0 radical (unpaired) electrons. The number of para-hydroxylation sites is 2. The van der Waals surface area contributed by atoms with Gasteiger partial charge < -0.3 is 14.2 Å². The van der Waals surface area contributed by atoms with Crippen molar-refractivity contribution in [2.45, 2.75) is 0 Å². The Morgan fingerprint density at radius 1 is 0.442 bits per heavy atom. The summed E-state index contributed by atoms with van der Waals surface area (Å²) in [6, 6.07) is 66.1. The number of aromatic nitrogens is 1. The molecule has 0 aliphatic carbocycles. The van der Waals surface area contributed by atoms with Crippen LogP contribution in [0.4, 0.5) is 34.1 Å². The van der Waals surface area contributed by atoms with E-state index < -0.39 is 0 Å². The van der Waals surface area contributed by atoms with Gasteiger partial charge in [0.25, 0.3) is 0 Å². The molecule has 10 aromatic rings. The Balaban J connectivity index is 1.30. The van der Waals surface area contributed by atoms with Crippen molar-refractivity contribution >= 4 is 87.5 Å². The summed E-state index contributed by atoms with van der Waals surface area (Å²) in [5.74, 6) is 0.581. The fraction of sp³-hybridized carbons (Fsp3) is 0. The monoisotopic (exact) mass is 685 g/mol. The van der Waals surface area contributed by atoms with Gasteiger partial charge in [-0.05, 0) is 72.1 Å². The molecular weight excluding hydrogens is 655 g/mol. The molecule has 0 saturated carbocycles. The van der Waals surface area contributed by atoms with Gasteiger partial charge in [-0.15, -0.1) is 11.3 Å². The Morgan fingerprint density at radius 3 is 1.83 bits per heavy atom. The smallest absolute Gasteiger partial charge is 0.227 e. The van der Waals surface area contributed by atoms with Crippen molar-refractivity contribution in [3.8, 4) is 11.5 Å². The lowest BCUT2D eigenvalue weighted by molar-refractivity contribution is 0.620. The van der Waals surface area contributed by atoms with Gasteiger partial charge in [-0.2, -0.15) is 0 Å². The fourth-order valence-electron chi connectivity index (χ4n) is 7.30. The Morgan fingerprint density at radius 2 is 1.04 bits per heavy atom. The molecule has 0 unspecified atom stereocenters. The average Bonchev–Trinajstić information content (AvgIpc) is 3.82. The van der Waals surface area contributed by atoms with E-state index in [0.717, 1.165) is 50.6 Å². The van der Waals surface area contributed by atoms with Crippen molar-refractivity contribution < 1.29 is 4.42 Å².